The fraction of sp³-hybridized carbons (Fsp3) is 0.300. The molecular weight excluding hydrogens is 276 g/mol. The number of ether oxygens (including phenoxy) is 3. The number of methoxy groups -OCH3 is 2. The number of hydrogen-bond donors (Lipinski definition) is 0. The van der Waals surface area contributed by atoms with Gasteiger partial charge < -0.3 is 14.2 Å². The number of aromatic nitrogens is 2. The van der Waals surface area contributed by atoms with Gasteiger partial charge in [-0.15, -0.1) is 0 Å². The zero-order valence-corrected chi connectivity index (χ0v) is 10.5. The quantitative estimate of drug-likeness (QED) is 0.808. The Morgan fingerprint density at radius 3 is 2.88 bits per heavy atom. The van der Waals surface area contributed by atoms with Crippen LogP contribution in [-0.4, -0.2) is 30.6 Å². The Kier molecular flexibility index (Phi) is 3.31. The molecule has 2 aromatic rings. The molecule has 6 heteroatoms. The predicted octanol–water partition coefficient (Wildman–Crippen LogP) is 2.09. The van der Waals surface area contributed by atoms with Crippen LogP contribution in [0.1, 0.15) is 0 Å². The van der Waals surface area contributed by atoms with Gasteiger partial charge in [-0.25, -0.2) is 4.52 Å². The Balaban J connectivity index is 2.54. The van der Waals surface area contributed by atoms with Crippen LogP contribution in [0.3, 0.4) is 0 Å². The summed E-state index contributed by atoms with van der Waals surface area (Å²) < 4.78 is 18.1. The molecule has 0 aliphatic heterocycles. The van der Waals surface area contributed by atoms with Crippen molar-refractivity contribution in [2.45, 2.75) is 0 Å². The summed E-state index contributed by atoms with van der Waals surface area (Å²) in [5.41, 5.74) is 0.780. The summed E-state index contributed by atoms with van der Waals surface area (Å²) in [6.45, 7) is 0.181. The van der Waals surface area contributed by atoms with E-state index in [9.17, 15) is 0 Å². The van der Waals surface area contributed by atoms with Crippen LogP contribution in [0.25, 0.3) is 5.52 Å². The molecule has 2 heterocycles. The first-order chi connectivity index (χ1) is 7.76. The summed E-state index contributed by atoms with van der Waals surface area (Å²) in [7, 11) is 3.17. The lowest BCUT2D eigenvalue weighted by molar-refractivity contribution is 0.0518. The van der Waals surface area contributed by atoms with Gasteiger partial charge in [-0.2, -0.15) is 5.10 Å². The van der Waals surface area contributed by atoms with E-state index in [1.54, 1.807) is 24.9 Å². The second kappa shape index (κ2) is 4.71. The standard InChI is InChI=1S/C10H11BrN2O3/c1-14-6-16-8-3-7(11)5-13-10(8)9(15-2)4-12-13/h3-5H,6H2,1-2H3. The van der Waals surface area contributed by atoms with Crippen molar-refractivity contribution >= 4 is 21.4 Å². The van der Waals surface area contributed by atoms with Crippen LogP contribution in [0.5, 0.6) is 11.5 Å². The number of pyridine rings is 1. The van der Waals surface area contributed by atoms with E-state index in [0.717, 1.165) is 9.99 Å². The summed E-state index contributed by atoms with van der Waals surface area (Å²) in [6.07, 6.45) is 3.47. The topological polar surface area (TPSA) is 45.0 Å². The lowest BCUT2D eigenvalue weighted by Gasteiger charge is -2.08. The Labute approximate surface area is 101 Å². The first-order valence-corrected chi connectivity index (χ1v) is 5.38. The van der Waals surface area contributed by atoms with Crippen LogP contribution < -0.4 is 9.47 Å². The lowest BCUT2D eigenvalue weighted by Crippen LogP contribution is -2.01. The zero-order valence-electron chi connectivity index (χ0n) is 8.94. The van der Waals surface area contributed by atoms with Crippen molar-refractivity contribution in [1.29, 1.82) is 0 Å². The van der Waals surface area contributed by atoms with Gasteiger partial charge in [0, 0.05) is 17.8 Å². The van der Waals surface area contributed by atoms with Crippen LogP contribution in [0.2, 0.25) is 0 Å². The van der Waals surface area contributed by atoms with Crippen molar-refractivity contribution in [3.8, 4) is 11.5 Å². The van der Waals surface area contributed by atoms with Crippen LogP contribution >= 0.6 is 15.9 Å². The number of nitrogens with zero attached hydrogens (tertiary/aromatic N) is 2. The predicted molar refractivity (Wildman–Crippen MR) is 61.9 cm³/mol. The summed E-state index contributed by atoms with van der Waals surface area (Å²) in [5, 5.41) is 4.16. The molecule has 2 aromatic heterocycles. The normalized spacial score (nSPS) is 10.7. The third kappa shape index (κ3) is 1.98. The average Bonchev–Trinajstić information content (AvgIpc) is 2.68. The Bertz CT molecular complexity index is 498. The summed E-state index contributed by atoms with van der Waals surface area (Å²) in [6, 6.07) is 1.85. The first kappa shape index (κ1) is 11.2. The van der Waals surface area contributed by atoms with Gasteiger partial charge in [0.15, 0.2) is 23.8 Å². The highest BCUT2D eigenvalue weighted by Gasteiger charge is 2.11. The summed E-state index contributed by atoms with van der Waals surface area (Å²) in [5.74, 6) is 1.32. The van der Waals surface area contributed by atoms with E-state index < -0.39 is 0 Å². The molecular formula is C10H11BrN2O3. The van der Waals surface area contributed by atoms with Crippen molar-refractivity contribution in [2.24, 2.45) is 0 Å². The van der Waals surface area contributed by atoms with Crippen LogP contribution in [0.15, 0.2) is 22.9 Å². The molecule has 0 spiro atoms. The largest absolute Gasteiger partial charge is 0.493 e. The van der Waals surface area contributed by atoms with Gasteiger partial charge in [-0.3, -0.25) is 0 Å². The second-order valence-corrected chi connectivity index (χ2v) is 4.00. The molecule has 0 saturated carbocycles. The molecule has 0 aliphatic carbocycles. The molecule has 0 fully saturated rings. The van der Waals surface area contributed by atoms with E-state index in [1.807, 2.05) is 12.3 Å². The van der Waals surface area contributed by atoms with Gasteiger partial charge in [-0.05, 0) is 22.0 Å². The van der Waals surface area contributed by atoms with Gasteiger partial charge in [0.2, 0.25) is 0 Å². The van der Waals surface area contributed by atoms with Crippen molar-refractivity contribution in [2.75, 3.05) is 21.0 Å². The van der Waals surface area contributed by atoms with E-state index in [0.29, 0.717) is 11.5 Å². The monoisotopic (exact) mass is 286 g/mol. The summed E-state index contributed by atoms with van der Waals surface area (Å²) >= 11 is 3.38. The maximum absolute atomic E-state index is 5.46. The highest BCUT2D eigenvalue weighted by atomic mass is 79.9. The van der Waals surface area contributed by atoms with E-state index in [-0.39, 0.29) is 6.79 Å². The van der Waals surface area contributed by atoms with Gasteiger partial charge in [0.25, 0.3) is 0 Å². The van der Waals surface area contributed by atoms with Gasteiger partial charge in [0.1, 0.15) is 0 Å². The minimum atomic E-state index is 0.181. The number of halogens is 1. The molecule has 0 aliphatic rings. The van der Waals surface area contributed by atoms with Gasteiger partial charge >= 0.3 is 0 Å². The van der Waals surface area contributed by atoms with Crippen molar-refractivity contribution in [3.63, 3.8) is 0 Å². The maximum Gasteiger partial charge on any atom is 0.188 e. The van der Waals surface area contributed by atoms with Crippen molar-refractivity contribution in [1.82, 2.24) is 9.61 Å². The van der Waals surface area contributed by atoms with Crippen LogP contribution in [-0.2, 0) is 4.74 Å². The highest BCUT2D eigenvalue weighted by molar-refractivity contribution is 9.10. The average molecular weight is 287 g/mol. The first-order valence-electron chi connectivity index (χ1n) is 4.59. The fourth-order valence-electron chi connectivity index (χ4n) is 1.41. The molecule has 0 bridgehead atoms. The van der Waals surface area contributed by atoms with Gasteiger partial charge in [0.05, 0.1) is 13.3 Å². The molecule has 86 valence electrons. The lowest BCUT2D eigenvalue weighted by atomic mass is 10.3. The van der Waals surface area contributed by atoms with E-state index in [4.69, 9.17) is 14.2 Å². The maximum atomic E-state index is 5.46. The Morgan fingerprint density at radius 1 is 1.38 bits per heavy atom. The number of fused-ring (bicyclic) bond motifs is 1. The third-order valence-corrected chi connectivity index (χ3v) is 2.50. The number of rotatable bonds is 4. The van der Waals surface area contributed by atoms with Gasteiger partial charge in [-0.1, -0.05) is 0 Å². The van der Waals surface area contributed by atoms with Crippen LogP contribution in [0.4, 0.5) is 0 Å². The Hall–Kier alpha value is -1.27. The van der Waals surface area contributed by atoms with Crippen molar-refractivity contribution < 1.29 is 14.2 Å². The molecule has 0 amide bonds. The SMILES string of the molecule is COCOc1cc(Br)cn2ncc(OC)c12. The molecule has 0 radical (unpaired) electrons. The third-order valence-electron chi connectivity index (χ3n) is 2.06. The molecule has 0 unspecified atom stereocenters. The molecule has 0 atom stereocenters. The molecule has 2 rings (SSSR count). The minimum absolute atomic E-state index is 0.181. The fourth-order valence-corrected chi connectivity index (χ4v) is 1.81. The molecule has 0 saturated heterocycles. The molecule has 16 heavy (non-hydrogen) atoms. The molecule has 0 aromatic carbocycles. The Morgan fingerprint density at radius 2 is 2.19 bits per heavy atom. The smallest absolute Gasteiger partial charge is 0.188 e. The molecule has 5 nitrogen and oxygen atoms in total. The second-order valence-electron chi connectivity index (χ2n) is 3.08. The van der Waals surface area contributed by atoms with E-state index in [1.165, 1.54) is 0 Å². The highest BCUT2D eigenvalue weighted by Crippen LogP contribution is 2.31. The van der Waals surface area contributed by atoms with Crippen molar-refractivity contribution in [3.05, 3.63) is 22.9 Å². The van der Waals surface area contributed by atoms with E-state index >= 15 is 0 Å². The minimum Gasteiger partial charge on any atom is -0.493 e. The van der Waals surface area contributed by atoms with Crippen LogP contribution in [0, 0.1) is 0 Å². The van der Waals surface area contributed by atoms with E-state index in [2.05, 4.69) is 21.0 Å². The summed E-state index contributed by atoms with van der Waals surface area (Å²) in [4.78, 5) is 0. The zero-order chi connectivity index (χ0) is 11.5. The number of hydrogen-bond acceptors (Lipinski definition) is 4. The molecule has 0 N–H and O–H groups in total.